The van der Waals surface area contributed by atoms with Crippen LogP contribution in [0.5, 0.6) is 5.75 Å². The average molecular weight is 469 g/mol. The van der Waals surface area contributed by atoms with Gasteiger partial charge in [-0.1, -0.05) is 26.2 Å². The monoisotopic (exact) mass is 468 g/mol. The van der Waals surface area contributed by atoms with E-state index in [0.29, 0.717) is 12.4 Å². The van der Waals surface area contributed by atoms with E-state index < -0.39 is 33.6 Å². The first kappa shape index (κ1) is 22.1. The van der Waals surface area contributed by atoms with E-state index in [9.17, 15) is 22.0 Å². The number of carbonyl (C=O) groups is 1. The van der Waals surface area contributed by atoms with Crippen LogP contribution in [0.1, 0.15) is 80.6 Å². The highest BCUT2D eigenvalue weighted by molar-refractivity contribution is 7.87. The number of hydrogen-bond donors (Lipinski definition) is 1. The number of nitrogens with one attached hydrogen (secondary N) is 1. The minimum absolute atomic E-state index is 0.0294. The second-order valence-electron chi connectivity index (χ2n) is 10.5. The van der Waals surface area contributed by atoms with E-state index in [1.807, 2.05) is 4.72 Å². The van der Waals surface area contributed by atoms with Gasteiger partial charge in [-0.3, -0.25) is 4.79 Å². The average Bonchev–Trinajstić information content (AvgIpc) is 3.61. The third kappa shape index (κ3) is 3.61. The zero-order chi connectivity index (χ0) is 22.9. The lowest BCUT2D eigenvalue weighted by Crippen LogP contribution is -2.56. The van der Waals surface area contributed by atoms with Crippen molar-refractivity contribution in [3.05, 3.63) is 29.1 Å². The summed E-state index contributed by atoms with van der Waals surface area (Å²) in [7, 11) is -4.25. The molecule has 6 nitrogen and oxygen atoms in total. The Hall–Kier alpha value is -1.74. The van der Waals surface area contributed by atoms with Crippen molar-refractivity contribution in [2.45, 2.75) is 76.4 Å². The number of carbonyl (C=O) groups excluding carboxylic acids is 1. The Kier molecular flexibility index (Phi) is 5.09. The molecule has 1 aromatic carbocycles. The highest BCUT2D eigenvalue weighted by atomic mass is 32.2. The number of nitrogens with zero attached hydrogens (tertiary/aromatic N) is 1. The minimum Gasteiger partial charge on any atom is -0.493 e. The number of ether oxygens (including phenoxy) is 1. The first-order chi connectivity index (χ1) is 15.1. The summed E-state index contributed by atoms with van der Waals surface area (Å²) in [5.41, 5.74) is -0.615. The fourth-order valence-corrected chi connectivity index (χ4v) is 6.93. The summed E-state index contributed by atoms with van der Waals surface area (Å²) in [5.74, 6) is -1.57. The van der Waals surface area contributed by atoms with Gasteiger partial charge in [-0.05, 0) is 50.2 Å². The van der Waals surface area contributed by atoms with Gasteiger partial charge in [0.2, 0.25) is 0 Å². The predicted octanol–water partition coefficient (Wildman–Crippen LogP) is 4.07. The zero-order valence-corrected chi connectivity index (χ0v) is 19.3. The molecule has 1 N–H and O–H groups in total. The van der Waals surface area contributed by atoms with Crippen LogP contribution in [0, 0.1) is 17.2 Å². The number of rotatable bonds is 7. The smallest absolute Gasteiger partial charge is 0.304 e. The first-order valence-corrected chi connectivity index (χ1v) is 12.9. The molecule has 0 radical (unpaired) electrons. The Morgan fingerprint density at radius 1 is 1.22 bits per heavy atom. The Morgan fingerprint density at radius 3 is 2.47 bits per heavy atom. The summed E-state index contributed by atoms with van der Waals surface area (Å²) in [6.07, 6.45) is 6.32. The highest BCUT2D eigenvalue weighted by Crippen LogP contribution is 2.60. The van der Waals surface area contributed by atoms with Crippen LogP contribution in [0.15, 0.2) is 12.1 Å². The van der Waals surface area contributed by atoms with Crippen molar-refractivity contribution in [2.75, 3.05) is 13.2 Å². The van der Waals surface area contributed by atoms with Crippen LogP contribution in [0.3, 0.4) is 0 Å². The molecule has 1 saturated heterocycles. The number of hydrogen-bond acceptors (Lipinski definition) is 4. The molecule has 3 saturated carbocycles. The highest BCUT2D eigenvalue weighted by Gasteiger charge is 2.77. The fraction of sp³-hybridized carbons (Fsp3) is 0.696. The number of benzene rings is 1. The quantitative estimate of drug-likeness (QED) is 0.655. The van der Waals surface area contributed by atoms with Gasteiger partial charge in [0, 0.05) is 23.9 Å². The van der Waals surface area contributed by atoms with Gasteiger partial charge in [0.15, 0.2) is 0 Å². The Morgan fingerprint density at radius 2 is 1.91 bits per heavy atom. The molecule has 0 spiro atoms. The van der Waals surface area contributed by atoms with Crippen molar-refractivity contribution in [1.82, 2.24) is 9.03 Å². The van der Waals surface area contributed by atoms with Crippen molar-refractivity contribution in [2.24, 2.45) is 11.3 Å². The van der Waals surface area contributed by atoms with Crippen LogP contribution >= 0.6 is 0 Å². The summed E-state index contributed by atoms with van der Waals surface area (Å²) in [6, 6.07) is 2.63. The molecular weight excluding hydrogens is 438 g/mol. The molecule has 4 fully saturated rings. The molecule has 1 heterocycles. The Labute approximate surface area is 187 Å². The van der Waals surface area contributed by atoms with Crippen LogP contribution in [-0.2, 0) is 10.2 Å². The predicted molar refractivity (Wildman–Crippen MR) is 115 cm³/mol. The summed E-state index contributed by atoms with van der Waals surface area (Å²) in [4.78, 5) is 12.7. The standard InChI is InChI=1S/C23H30F2N2O4S/c1-22(8-4-3-5-9-22)13-31-19-11-18(24)16(10-15(19)14-6-7-14)21(28)26-32(29,30)27-12-17-20(25)23(17,27)2/h10-11,14,17,20H,3-9,12-13H2,1-2H3,(H,26,28). The normalized spacial score (nSPS) is 31.4. The number of halogens is 2. The molecule has 1 amide bonds. The van der Waals surface area contributed by atoms with E-state index in [-0.39, 0.29) is 29.4 Å². The molecule has 3 aliphatic carbocycles. The molecule has 4 aliphatic rings. The molecule has 3 atom stereocenters. The number of alkyl halides is 1. The molecule has 176 valence electrons. The van der Waals surface area contributed by atoms with E-state index in [4.69, 9.17) is 4.74 Å². The van der Waals surface area contributed by atoms with E-state index in [1.54, 1.807) is 0 Å². The third-order valence-electron chi connectivity index (χ3n) is 7.96. The van der Waals surface area contributed by atoms with Crippen LogP contribution in [0.2, 0.25) is 0 Å². The van der Waals surface area contributed by atoms with Crippen molar-refractivity contribution in [1.29, 1.82) is 0 Å². The van der Waals surface area contributed by atoms with Gasteiger partial charge < -0.3 is 4.74 Å². The largest absolute Gasteiger partial charge is 0.493 e. The molecule has 0 bridgehead atoms. The van der Waals surface area contributed by atoms with E-state index in [1.165, 1.54) is 25.5 Å². The lowest BCUT2D eigenvalue weighted by atomic mass is 9.76. The molecule has 9 heteroatoms. The first-order valence-electron chi connectivity index (χ1n) is 11.5. The molecule has 3 unspecified atom stereocenters. The van der Waals surface area contributed by atoms with Crippen molar-refractivity contribution in [3.63, 3.8) is 0 Å². The summed E-state index contributed by atoms with van der Waals surface area (Å²) in [5, 5.41) is 0. The van der Waals surface area contributed by atoms with Gasteiger partial charge in [-0.25, -0.2) is 13.5 Å². The fourth-order valence-electron chi connectivity index (χ4n) is 5.36. The van der Waals surface area contributed by atoms with Crippen LogP contribution in [-0.4, -0.2) is 43.5 Å². The summed E-state index contributed by atoms with van der Waals surface area (Å²) in [6.45, 7) is 4.22. The Balaban J connectivity index is 1.33. The van der Waals surface area contributed by atoms with Gasteiger partial charge in [-0.15, -0.1) is 0 Å². The van der Waals surface area contributed by atoms with Gasteiger partial charge >= 0.3 is 10.2 Å². The maximum absolute atomic E-state index is 14.9. The van der Waals surface area contributed by atoms with Crippen LogP contribution in [0.25, 0.3) is 0 Å². The topological polar surface area (TPSA) is 75.7 Å². The third-order valence-corrected chi connectivity index (χ3v) is 9.53. The van der Waals surface area contributed by atoms with E-state index in [2.05, 4.69) is 6.92 Å². The lowest BCUT2D eigenvalue weighted by Gasteiger charge is -2.35. The molecule has 5 rings (SSSR count). The molecular formula is C23H30F2N2O4S. The second kappa shape index (κ2) is 7.38. The van der Waals surface area contributed by atoms with Gasteiger partial charge in [0.05, 0.1) is 17.7 Å². The second-order valence-corrected chi connectivity index (χ2v) is 12.1. The van der Waals surface area contributed by atoms with E-state index >= 15 is 0 Å². The molecule has 0 aromatic heterocycles. The maximum atomic E-state index is 14.9. The number of amides is 1. The van der Waals surface area contributed by atoms with Crippen LogP contribution in [0.4, 0.5) is 8.78 Å². The zero-order valence-electron chi connectivity index (χ0n) is 18.5. The lowest BCUT2D eigenvalue weighted by molar-refractivity contribution is 0.0969. The summed E-state index contributed by atoms with van der Waals surface area (Å²) >= 11 is 0. The van der Waals surface area contributed by atoms with Gasteiger partial charge in [0.1, 0.15) is 17.7 Å². The summed E-state index contributed by atoms with van der Waals surface area (Å²) < 4.78 is 62.8. The molecule has 1 aliphatic heterocycles. The van der Waals surface area contributed by atoms with Crippen molar-refractivity contribution < 1.29 is 26.7 Å². The maximum Gasteiger partial charge on any atom is 0.304 e. The SMILES string of the molecule is CC1(COc2cc(F)c(C(=O)NS(=O)(=O)N3CC4C(F)C43C)cc2C2CC2)CCCCC1. The molecule has 1 aromatic rings. The van der Waals surface area contributed by atoms with Crippen LogP contribution < -0.4 is 9.46 Å². The Bertz CT molecular complexity index is 1050. The number of fused-ring (bicyclic) bond motifs is 1. The van der Waals surface area contributed by atoms with Crippen molar-refractivity contribution in [3.8, 4) is 5.75 Å². The van der Waals surface area contributed by atoms with E-state index in [0.717, 1.165) is 48.4 Å². The minimum atomic E-state index is -4.25. The molecule has 32 heavy (non-hydrogen) atoms. The van der Waals surface area contributed by atoms with Gasteiger partial charge in [-0.2, -0.15) is 12.7 Å². The van der Waals surface area contributed by atoms with Crippen molar-refractivity contribution >= 4 is 16.1 Å². The van der Waals surface area contributed by atoms with Gasteiger partial charge in [0.25, 0.3) is 5.91 Å².